The van der Waals surface area contributed by atoms with Gasteiger partial charge in [-0.3, -0.25) is 4.79 Å². The summed E-state index contributed by atoms with van der Waals surface area (Å²) in [4.78, 5) is 10.6. The third kappa shape index (κ3) is 3.99. The van der Waals surface area contributed by atoms with Gasteiger partial charge in [0.15, 0.2) is 0 Å². The molecule has 0 saturated carbocycles. The molecule has 1 atom stereocenters. The molecule has 0 saturated heterocycles. The third-order valence-electron chi connectivity index (χ3n) is 2.42. The Balaban J connectivity index is 3.10. The van der Waals surface area contributed by atoms with Crippen molar-refractivity contribution >= 4 is 31.9 Å². The van der Waals surface area contributed by atoms with Gasteiger partial charge in [0.1, 0.15) is 11.9 Å². The normalized spacial score (nSPS) is 13.5. The van der Waals surface area contributed by atoms with Crippen molar-refractivity contribution in [1.29, 1.82) is 0 Å². The van der Waals surface area contributed by atoms with Crippen molar-refractivity contribution in [3.05, 3.63) is 28.5 Å². The van der Waals surface area contributed by atoms with E-state index >= 15 is 0 Å². The fraction of sp³-hybridized carbons (Fsp3) is 0.364. The number of aliphatic carboxylic acids is 1. The SMILES string of the molecule is CC(C)C(NS(=O)(=O)c1ccc(Br)c(F)c1)C(=O)O. The first-order valence-corrected chi connectivity index (χ1v) is 7.63. The Morgan fingerprint density at radius 2 is 2.00 bits per heavy atom. The average Bonchev–Trinajstić information content (AvgIpc) is 2.28. The Bertz CT molecular complexity index is 588. The first-order chi connectivity index (χ1) is 8.65. The molecule has 1 aromatic rings. The molecule has 0 radical (unpaired) electrons. The van der Waals surface area contributed by atoms with Crippen molar-refractivity contribution < 1.29 is 22.7 Å². The minimum absolute atomic E-state index is 0.130. The molecule has 19 heavy (non-hydrogen) atoms. The number of sulfonamides is 1. The van der Waals surface area contributed by atoms with Gasteiger partial charge in [-0.05, 0) is 40.0 Å². The number of nitrogens with one attached hydrogen (secondary N) is 1. The maximum atomic E-state index is 13.3. The van der Waals surface area contributed by atoms with E-state index in [1.54, 1.807) is 13.8 Å². The summed E-state index contributed by atoms with van der Waals surface area (Å²) in [5.41, 5.74) is 0. The van der Waals surface area contributed by atoms with Crippen LogP contribution in [0, 0.1) is 11.7 Å². The number of carboxylic acid groups (broad SMARTS) is 1. The van der Waals surface area contributed by atoms with Gasteiger partial charge in [0.2, 0.25) is 10.0 Å². The number of halogens is 2. The molecular formula is C11H13BrFNO4S. The second-order valence-electron chi connectivity index (χ2n) is 4.26. The summed E-state index contributed by atoms with van der Waals surface area (Å²) in [7, 11) is -4.08. The molecule has 5 nitrogen and oxygen atoms in total. The topological polar surface area (TPSA) is 83.5 Å². The highest BCUT2D eigenvalue weighted by Gasteiger charge is 2.28. The summed E-state index contributed by atoms with van der Waals surface area (Å²) in [5, 5.41) is 8.94. The van der Waals surface area contributed by atoms with Crippen molar-refractivity contribution in [2.75, 3.05) is 0 Å². The Morgan fingerprint density at radius 1 is 1.42 bits per heavy atom. The van der Waals surface area contributed by atoms with Crippen molar-refractivity contribution in [2.24, 2.45) is 5.92 Å². The van der Waals surface area contributed by atoms with E-state index in [2.05, 4.69) is 15.9 Å². The van der Waals surface area contributed by atoms with E-state index in [9.17, 15) is 17.6 Å². The van der Waals surface area contributed by atoms with E-state index in [0.717, 1.165) is 6.07 Å². The predicted molar refractivity (Wildman–Crippen MR) is 70.7 cm³/mol. The highest BCUT2D eigenvalue weighted by Crippen LogP contribution is 2.20. The van der Waals surface area contributed by atoms with Gasteiger partial charge in [0.05, 0.1) is 9.37 Å². The number of rotatable bonds is 5. The zero-order valence-corrected chi connectivity index (χ0v) is 12.6. The van der Waals surface area contributed by atoms with Crippen LogP contribution in [0.2, 0.25) is 0 Å². The lowest BCUT2D eigenvalue weighted by atomic mass is 10.1. The second kappa shape index (κ2) is 5.98. The third-order valence-corrected chi connectivity index (χ3v) is 4.50. The van der Waals surface area contributed by atoms with E-state index in [4.69, 9.17) is 5.11 Å². The molecule has 0 aliphatic heterocycles. The molecule has 1 aromatic carbocycles. The molecule has 0 amide bonds. The van der Waals surface area contributed by atoms with Gasteiger partial charge in [0, 0.05) is 0 Å². The highest BCUT2D eigenvalue weighted by atomic mass is 79.9. The fourth-order valence-electron chi connectivity index (χ4n) is 1.35. The lowest BCUT2D eigenvalue weighted by Gasteiger charge is -2.18. The van der Waals surface area contributed by atoms with Gasteiger partial charge in [-0.25, -0.2) is 12.8 Å². The van der Waals surface area contributed by atoms with Crippen LogP contribution in [-0.2, 0) is 14.8 Å². The van der Waals surface area contributed by atoms with Crippen molar-refractivity contribution in [3.63, 3.8) is 0 Å². The van der Waals surface area contributed by atoms with Gasteiger partial charge in [-0.2, -0.15) is 4.72 Å². The Kier molecular flexibility index (Phi) is 5.05. The molecule has 106 valence electrons. The van der Waals surface area contributed by atoms with Gasteiger partial charge in [-0.1, -0.05) is 13.8 Å². The highest BCUT2D eigenvalue weighted by molar-refractivity contribution is 9.10. The van der Waals surface area contributed by atoms with Crippen LogP contribution in [0.5, 0.6) is 0 Å². The van der Waals surface area contributed by atoms with Crippen LogP contribution in [0.3, 0.4) is 0 Å². The quantitative estimate of drug-likeness (QED) is 0.847. The largest absolute Gasteiger partial charge is 0.480 e. The first kappa shape index (κ1) is 16.1. The predicted octanol–water partition coefficient (Wildman–Crippen LogP) is 1.98. The molecule has 8 heteroatoms. The zero-order valence-electron chi connectivity index (χ0n) is 10.2. The van der Waals surface area contributed by atoms with Gasteiger partial charge < -0.3 is 5.11 Å². The van der Waals surface area contributed by atoms with Crippen LogP contribution in [0.25, 0.3) is 0 Å². The molecule has 0 aliphatic rings. The van der Waals surface area contributed by atoms with E-state index in [-0.39, 0.29) is 9.37 Å². The number of hydrogen-bond acceptors (Lipinski definition) is 3. The molecule has 1 unspecified atom stereocenters. The van der Waals surface area contributed by atoms with Crippen LogP contribution in [0.1, 0.15) is 13.8 Å². The molecule has 0 spiro atoms. The zero-order chi connectivity index (χ0) is 14.8. The van der Waals surface area contributed by atoms with Crippen LogP contribution in [-0.4, -0.2) is 25.5 Å². The van der Waals surface area contributed by atoms with Crippen LogP contribution >= 0.6 is 15.9 Å². The van der Waals surface area contributed by atoms with E-state index in [0.29, 0.717) is 0 Å². The monoisotopic (exact) mass is 353 g/mol. The fourth-order valence-corrected chi connectivity index (χ4v) is 2.95. The van der Waals surface area contributed by atoms with Gasteiger partial charge in [-0.15, -0.1) is 0 Å². The smallest absolute Gasteiger partial charge is 0.322 e. The Labute approximate surface area is 119 Å². The maximum absolute atomic E-state index is 13.3. The Morgan fingerprint density at radius 3 is 2.42 bits per heavy atom. The van der Waals surface area contributed by atoms with Crippen LogP contribution < -0.4 is 4.72 Å². The number of benzene rings is 1. The van der Waals surface area contributed by atoms with Crippen molar-refractivity contribution in [1.82, 2.24) is 4.72 Å². The molecule has 0 heterocycles. The van der Waals surface area contributed by atoms with Crippen molar-refractivity contribution in [3.8, 4) is 0 Å². The lowest BCUT2D eigenvalue weighted by Crippen LogP contribution is -2.44. The maximum Gasteiger partial charge on any atom is 0.322 e. The summed E-state index contributed by atoms with van der Waals surface area (Å²) in [6.07, 6.45) is 0. The van der Waals surface area contributed by atoms with Crippen LogP contribution in [0.15, 0.2) is 27.6 Å². The first-order valence-electron chi connectivity index (χ1n) is 5.35. The summed E-state index contributed by atoms with van der Waals surface area (Å²) in [5.74, 6) is -2.46. The number of carboxylic acids is 1. The lowest BCUT2D eigenvalue weighted by molar-refractivity contribution is -0.140. The number of hydrogen-bond donors (Lipinski definition) is 2. The molecule has 1 rings (SSSR count). The molecule has 0 bridgehead atoms. The van der Waals surface area contributed by atoms with E-state index < -0.39 is 33.8 Å². The molecule has 0 fully saturated rings. The summed E-state index contributed by atoms with van der Waals surface area (Å²) >= 11 is 2.91. The van der Waals surface area contributed by atoms with Crippen molar-refractivity contribution in [2.45, 2.75) is 24.8 Å². The summed E-state index contributed by atoms with van der Waals surface area (Å²) in [6.45, 7) is 3.15. The Hall–Kier alpha value is -0.990. The number of carbonyl (C=O) groups is 1. The van der Waals surface area contributed by atoms with Crippen LogP contribution in [0.4, 0.5) is 4.39 Å². The van der Waals surface area contributed by atoms with E-state index in [1.165, 1.54) is 12.1 Å². The van der Waals surface area contributed by atoms with Gasteiger partial charge >= 0.3 is 5.97 Å². The standard InChI is InChI=1S/C11H13BrFNO4S/c1-6(2)10(11(15)16)14-19(17,18)7-3-4-8(12)9(13)5-7/h3-6,10,14H,1-2H3,(H,15,16). The minimum Gasteiger partial charge on any atom is -0.480 e. The average molecular weight is 354 g/mol. The summed E-state index contributed by atoms with van der Waals surface area (Å²) in [6, 6.07) is 1.99. The second-order valence-corrected chi connectivity index (χ2v) is 6.83. The minimum atomic E-state index is -4.08. The van der Waals surface area contributed by atoms with Gasteiger partial charge in [0.25, 0.3) is 0 Å². The summed E-state index contributed by atoms with van der Waals surface area (Å²) < 4.78 is 39.4. The molecular weight excluding hydrogens is 341 g/mol. The molecule has 0 aliphatic carbocycles. The van der Waals surface area contributed by atoms with E-state index in [1.807, 2.05) is 4.72 Å². The molecule has 2 N–H and O–H groups in total. The molecule has 0 aromatic heterocycles.